The third-order valence-electron chi connectivity index (χ3n) is 3.74. The lowest BCUT2D eigenvalue weighted by Gasteiger charge is -2.22. The first-order chi connectivity index (χ1) is 11.7. The lowest BCUT2D eigenvalue weighted by molar-refractivity contribution is 0.0496. The van der Waals surface area contributed by atoms with Gasteiger partial charge in [0.1, 0.15) is 0 Å². The van der Waals surface area contributed by atoms with Crippen molar-refractivity contribution in [2.24, 2.45) is 0 Å². The Morgan fingerprint density at radius 1 is 0.917 bits per heavy atom. The highest BCUT2D eigenvalue weighted by Gasteiger charge is 2.22. The van der Waals surface area contributed by atoms with Crippen LogP contribution >= 0.6 is 0 Å². The van der Waals surface area contributed by atoms with Crippen LogP contribution in [0.2, 0.25) is 0 Å². The van der Waals surface area contributed by atoms with Crippen LogP contribution in [0.3, 0.4) is 0 Å². The summed E-state index contributed by atoms with van der Waals surface area (Å²) < 4.78 is 5.27. The molecule has 0 aromatic heterocycles. The van der Waals surface area contributed by atoms with Gasteiger partial charge in [0.15, 0.2) is 0 Å². The van der Waals surface area contributed by atoms with Crippen LogP contribution in [0.15, 0.2) is 54.6 Å². The lowest BCUT2D eigenvalue weighted by Crippen LogP contribution is -2.32. The summed E-state index contributed by atoms with van der Waals surface area (Å²) in [4.78, 5) is 26.9. The molecule has 0 atom stereocenters. The third kappa shape index (κ3) is 4.22. The van der Waals surface area contributed by atoms with E-state index in [1.54, 1.807) is 29.2 Å². The zero-order valence-electron chi connectivity index (χ0n) is 14.2. The van der Waals surface area contributed by atoms with E-state index in [4.69, 9.17) is 4.74 Å². The maximum atomic E-state index is 12.9. The number of carbonyl (C=O) groups is 2. The van der Waals surface area contributed by atoms with Crippen molar-refractivity contribution in [3.8, 4) is 0 Å². The van der Waals surface area contributed by atoms with E-state index in [0.29, 0.717) is 24.3 Å². The molecule has 0 spiro atoms. The Labute approximate surface area is 143 Å². The normalized spacial score (nSPS) is 10.2. The number of unbranched alkanes of at least 4 members (excludes halogenated alkanes) is 1. The fourth-order valence-electron chi connectivity index (χ4n) is 2.43. The number of anilines is 1. The number of rotatable bonds is 7. The standard InChI is InChI=1S/C20H23NO3/c1-3-5-15-24-20(23)18-14-10-9-13-17(18)19(22)21(4-2)16-11-7-6-8-12-16/h6-14H,3-5,15H2,1-2H3. The first-order valence-electron chi connectivity index (χ1n) is 8.32. The minimum absolute atomic E-state index is 0.202. The smallest absolute Gasteiger partial charge is 0.338 e. The first-order valence-corrected chi connectivity index (χ1v) is 8.32. The predicted molar refractivity (Wildman–Crippen MR) is 95.4 cm³/mol. The SMILES string of the molecule is CCCCOC(=O)c1ccccc1C(=O)N(CC)c1ccccc1. The Morgan fingerprint density at radius 3 is 2.17 bits per heavy atom. The minimum atomic E-state index is -0.448. The fourth-order valence-corrected chi connectivity index (χ4v) is 2.43. The van der Waals surface area contributed by atoms with Crippen LogP contribution in [-0.4, -0.2) is 25.0 Å². The number of amides is 1. The van der Waals surface area contributed by atoms with E-state index in [0.717, 1.165) is 18.5 Å². The predicted octanol–water partition coefficient (Wildman–Crippen LogP) is 4.31. The Bertz CT molecular complexity index is 682. The second-order valence-corrected chi connectivity index (χ2v) is 5.42. The molecular formula is C20H23NO3. The van der Waals surface area contributed by atoms with Gasteiger partial charge in [0.2, 0.25) is 0 Å². The fraction of sp³-hybridized carbons (Fsp3) is 0.300. The van der Waals surface area contributed by atoms with Gasteiger partial charge in [0.25, 0.3) is 5.91 Å². The lowest BCUT2D eigenvalue weighted by atomic mass is 10.1. The highest BCUT2D eigenvalue weighted by Crippen LogP contribution is 2.19. The topological polar surface area (TPSA) is 46.6 Å². The molecule has 2 aromatic carbocycles. The summed E-state index contributed by atoms with van der Waals surface area (Å²) in [6.07, 6.45) is 1.76. The first kappa shape index (κ1) is 17.7. The van der Waals surface area contributed by atoms with Crippen molar-refractivity contribution in [2.45, 2.75) is 26.7 Å². The van der Waals surface area contributed by atoms with Crippen molar-refractivity contribution in [3.05, 3.63) is 65.7 Å². The third-order valence-corrected chi connectivity index (χ3v) is 3.74. The average molecular weight is 325 g/mol. The van der Waals surface area contributed by atoms with E-state index in [9.17, 15) is 9.59 Å². The van der Waals surface area contributed by atoms with Crippen LogP contribution in [0.1, 0.15) is 47.4 Å². The Morgan fingerprint density at radius 2 is 1.54 bits per heavy atom. The van der Waals surface area contributed by atoms with E-state index < -0.39 is 5.97 Å². The minimum Gasteiger partial charge on any atom is -0.462 e. The van der Waals surface area contributed by atoms with Crippen molar-refractivity contribution < 1.29 is 14.3 Å². The zero-order valence-corrected chi connectivity index (χ0v) is 14.2. The molecule has 0 fully saturated rings. The van der Waals surface area contributed by atoms with Crippen LogP contribution < -0.4 is 4.90 Å². The molecule has 2 aromatic rings. The van der Waals surface area contributed by atoms with E-state index in [1.165, 1.54) is 0 Å². The van der Waals surface area contributed by atoms with Gasteiger partial charge in [-0.15, -0.1) is 0 Å². The van der Waals surface area contributed by atoms with Gasteiger partial charge in [-0.1, -0.05) is 43.7 Å². The molecular weight excluding hydrogens is 302 g/mol. The molecule has 0 heterocycles. The van der Waals surface area contributed by atoms with Crippen LogP contribution in [0.25, 0.3) is 0 Å². The average Bonchev–Trinajstić information content (AvgIpc) is 2.63. The number of esters is 1. The largest absolute Gasteiger partial charge is 0.462 e. The molecule has 0 aliphatic heterocycles. The molecule has 0 saturated carbocycles. The zero-order chi connectivity index (χ0) is 17.4. The Kier molecular flexibility index (Phi) is 6.55. The van der Waals surface area contributed by atoms with Crippen molar-refractivity contribution in [1.29, 1.82) is 0 Å². The summed E-state index contributed by atoms with van der Waals surface area (Å²) in [6, 6.07) is 16.2. The summed E-state index contributed by atoms with van der Waals surface area (Å²) in [7, 11) is 0. The summed E-state index contributed by atoms with van der Waals surface area (Å²) in [5.41, 5.74) is 1.48. The summed E-state index contributed by atoms with van der Waals surface area (Å²) in [6.45, 7) is 4.83. The van der Waals surface area contributed by atoms with Gasteiger partial charge in [-0.3, -0.25) is 4.79 Å². The molecule has 2 rings (SSSR count). The number of carbonyl (C=O) groups excluding carboxylic acids is 2. The molecule has 4 nitrogen and oxygen atoms in total. The molecule has 0 bridgehead atoms. The van der Waals surface area contributed by atoms with E-state index in [2.05, 4.69) is 0 Å². The number of ether oxygens (including phenoxy) is 1. The van der Waals surface area contributed by atoms with E-state index in [1.807, 2.05) is 44.2 Å². The van der Waals surface area contributed by atoms with Crippen molar-refractivity contribution in [3.63, 3.8) is 0 Å². The molecule has 0 unspecified atom stereocenters. The molecule has 0 radical (unpaired) electrons. The van der Waals surface area contributed by atoms with Gasteiger partial charge in [-0.25, -0.2) is 4.79 Å². The monoisotopic (exact) mass is 325 g/mol. The van der Waals surface area contributed by atoms with Gasteiger partial charge < -0.3 is 9.64 Å². The number of hydrogen-bond acceptors (Lipinski definition) is 3. The molecule has 0 saturated heterocycles. The van der Waals surface area contributed by atoms with E-state index in [-0.39, 0.29) is 5.91 Å². The van der Waals surface area contributed by atoms with Gasteiger partial charge in [-0.05, 0) is 37.6 Å². The molecule has 0 aliphatic carbocycles. The summed E-state index contributed by atoms with van der Waals surface area (Å²) in [5.74, 6) is -0.650. The van der Waals surface area contributed by atoms with Gasteiger partial charge in [0, 0.05) is 12.2 Å². The van der Waals surface area contributed by atoms with Crippen LogP contribution in [0, 0.1) is 0 Å². The second-order valence-electron chi connectivity index (χ2n) is 5.42. The highest BCUT2D eigenvalue weighted by molar-refractivity contribution is 6.12. The number of para-hydroxylation sites is 1. The molecule has 1 amide bonds. The van der Waals surface area contributed by atoms with Crippen LogP contribution in [-0.2, 0) is 4.74 Å². The second kappa shape index (κ2) is 8.87. The van der Waals surface area contributed by atoms with Crippen molar-refractivity contribution in [1.82, 2.24) is 0 Å². The highest BCUT2D eigenvalue weighted by atomic mass is 16.5. The molecule has 126 valence electrons. The summed E-state index contributed by atoms with van der Waals surface area (Å²) in [5, 5.41) is 0. The van der Waals surface area contributed by atoms with Crippen molar-refractivity contribution in [2.75, 3.05) is 18.1 Å². The Hall–Kier alpha value is -2.62. The van der Waals surface area contributed by atoms with Gasteiger partial charge in [-0.2, -0.15) is 0 Å². The molecule has 0 aliphatic rings. The number of nitrogens with zero attached hydrogens (tertiary/aromatic N) is 1. The summed E-state index contributed by atoms with van der Waals surface area (Å²) >= 11 is 0. The molecule has 0 N–H and O–H groups in total. The van der Waals surface area contributed by atoms with Crippen LogP contribution in [0.5, 0.6) is 0 Å². The van der Waals surface area contributed by atoms with Crippen molar-refractivity contribution >= 4 is 17.6 Å². The molecule has 24 heavy (non-hydrogen) atoms. The Balaban J connectivity index is 2.27. The number of hydrogen-bond donors (Lipinski definition) is 0. The quantitative estimate of drug-likeness (QED) is 0.563. The van der Waals surface area contributed by atoms with Crippen LogP contribution in [0.4, 0.5) is 5.69 Å². The van der Waals surface area contributed by atoms with Gasteiger partial charge in [0.05, 0.1) is 17.7 Å². The van der Waals surface area contributed by atoms with Gasteiger partial charge >= 0.3 is 5.97 Å². The number of benzene rings is 2. The van der Waals surface area contributed by atoms with E-state index >= 15 is 0 Å². The maximum Gasteiger partial charge on any atom is 0.338 e. The molecule has 4 heteroatoms. The maximum absolute atomic E-state index is 12.9.